The van der Waals surface area contributed by atoms with Gasteiger partial charge in [-0.05, 0) is 44.6 Å². The van der Waals surface area contributed by atoms with Crippen molar-refractivity contribution in [1.29, 1.82) is 0 Å². The molecule has 0 bridgehead atoms. The third kappa shape index (κ3) is 6.82. The largest absolute Gasteiger partial charge is 0.334 e. The fraction of sp³-hybridized carbons (Fsp3) is 0.556. The first-order valence-electron chi connectivity index (χ1n) is 8.10. The van der Waals surface area contributed by atoms with Crippen LogP contribution in [0.3, 0.4) is 0 Å². The van der Waals surface area contributed by atoms with E-state index in [1.54, 1.807) is 4.90 Å². The summed E-state index contributed by atoms with van der Waals surface area (Å²) in [4.78, 5) is 27.7. The SMILES string of the molecule is CC(=O)N(CCCN(C)C)CC(=O)Nc1ccccc1C(C)C. The highest BCUT2D eigenvalue weighted by Gasteiger charge is 2.15. The van der Waals surface area contributed by atoms with Gasteiger partial charge in [-0.2, -0.15) is 0 Å². The Hall–Kier alpha value is -1.88. The van der Waals surface area contributed by atoms with Crippen molar-refractivity contribution in [3.8, 4) is 0 Å². The summed E-state index contributed by atoms with van der Waals surface area (Å²) in [5.41, 5.74) is 1.92. The summed E-state index contributed by atoms with van der Waals surface area (Å²) in [6, 6.07) is 7.78. The summed E-state index contributed by atoms with van der Waals surface area (Å²) in [5.74, 6) is 0.102. The number of nitrogens with one attached hydrogen (secondary N) is 1. The number of anilines is 1. The van der Waals surface area contributed by atoms with E-state index < -0.39 is 0 Å². The van der Waals surface area contributed by atoms with Crippen molar-refractivity contribution in [3.05, 3.63) is 29.8 Å². The van der Waals surface area contributed by atoms with Crippen LogP contribution in [0, 0.1) is 0 Å². The van der Waals surface area contributed by atoms with Gasteiger partial charge in [-0.3, -0.25) is 9.59 Å². The first-order chi connectivity index (χ1) is 10.8. The van der Waals surface area contributed by atoms with Crippen LogP contribution in [-0.2, 0) is 9.59 Å². The normalized spacial score (nSPS) is 10.9. The van der Waals surface area contributed by atoms with Crippen LogP contribution < -0.4 is 5.32 Å². The lowest BCUT2D eigenvalue weighted by Gasteiger charge is -2.22. The third-order valence-corrected chi connectivity index (χ3v) is 3.67. The monoisotopic (exact) mass is 319 g/mol. The third-order valence-electron chi connectivity index (χ3n) is 3.67. The van der Waals surface area contributed by atoms with Gasteiger partial charge in [-0.1, -0.05) is 32.0 Å². The topological polar surface area (TPSA) is 52.7 Å². The smallest absolute Gasteiger partial charge is 0.244 e. The molecule has 0 aromatic heterocycles. The molecular weight excluding hydrogens is 290 g/mol. The fourth-order valence-corrected chi connectivity index (χ4v) is 2.40. The van der Waals surface area contributed by atoms with Crippen LogP contribution in [0.4, 0.5) is 5.69 Å². The Bertz CT molecular complexity index is 527. The average Bonchev–Trinajstić information content (AvgIpc) is 2.46. The van der Waals surface area contributed by atoms with Crippen LogP contribution in [0.25, 0.3) is 0 Å². The second kappa shape index (κ2) is 9.30. The van der Waals surface area contributed by atoms with Crippen LogP contribution in [0.15, 0.2) is 24.3 Å². The minimum absolute atomic E-state index is 0.0731. The van der Waals surface area contributed by atoms with Gasteiger partial charge in [0.2, 0.25) is 11.8 Å². The minimum Gasteiger partial charge on any atom is -0.334 e. The van der Waals surface area contributed by atoms with Gasteiger partial charge in [-0.25, -0.2) is 0 Å². The standard InChI is InChI=1S/C18H29N3O2/c1-14(2)16-9-6-7-10-17(16)19-18(23)13-21(15(3)22)12-8-11-20(4)5/h6-7,9-10,14H,8,11-13H2,1-5H3,(H,19,23). The van der Waals surface area contributed by atoms with E-state index in [0.717, 1.165) is 24.2 Å². The molecule has 0 aliphatic carbocycles. The second-order valence-corrected chi connectivity index (χ2v) is 6.39. The lowest BCUT2D eigenvalue weighted by molar-refractivity contribution is -0.132. The molecule has 128 valence electrons. The number of amides is 2. The molecule has 0 radical (unpaired) electrons. The molecular formula is C18H29N3O2. The molecule has 0 aliphatic rings. The minimum atomic E-state index is -0.154. The Balaban J connectivity index is 2.64. The van der Waals surface area contributed by atoms with E-state index in [2.05, 4.69) is 24.1 Å². The van der Waals surface area contributed by atoms with Crippen LogP contribution in [-0.4, -0.2) is 55.3 Å². The maximum atomic E-state index is 12.3. The van der Waals surface area contributed by atoms with Gasteiger partial charge < -0.3 is 15.1 Å². The van der Waals surface area contributed by atoms with Crippen molar-refractivity contribution in [1.82, 2.24) is 9.80 Å². The number of benzene rings is 1. The van der Waals surface area contributed by atoms with Gasteiger partial charge in [-0.15, -0.1) is 0 Å². The fourth-order valence-electron chi connectivity index (χ4n) is 2.40. The van der Waals surface area contributed by atoms with E-state index in [1.165, 1.54) is 6.92 Å². The van der Waals surface area contributed by atoms with Gasteiger partial charge in [0.15, 0.2) is 0 Å². The molecule has 0 aliphatic heterocycles. The zero-order chi connectivity index (χ0) is 17.4. The van der Waals surface area contributed by atoms with Crippen molar-refractivity contribution >= 4 is 17.5 Å². The lowest BCUT2D eigenvalue weighted by atomic mass is 10.0. The predicted octanol–water partition coefficient (Wildman–Crippen LogP) is 2.55. The zero-order valence-electron chi connectivity index (χ0n) is 14.9. The van der Waals surface area contributed by atoms with Crippen molar-refractivity contribution in [2.75, 3.05) is 39.0 Å². The molecule has 1 N–H and O–H groups in total. The highest BCUT2D eigenvalue weighted by atomic mass is 16.2. The molecule has 0 heterocycles. The molecule has 0 saturated heterocycles. The molecule has 0 unspecified atom stereocenters. The molecule has 1 aromatic carbocycles. The summed E-state index contributed by atoms with van der Waals surface area (Å²) in [5, 5.41) is 2.93. The van der Waals surface area contributed by atoms with Crippen LogP contribution in [0.1, 0.15) is 38.7 Å². The van der Waals surface area contributed by atoms with Crippen LogP contribution >= 0.6 is 0 Å². The van der Waals surface area contributed by atoms with Crippen molar-refractivity contribution in [2.45, 2.75) is 33.1 Å². The Morgan fingerprint density at radius 3 is 2.35 bits per heavy atom. The molecule has 23 heavy (non-hydrogen) atoms. The molecule has 1 aromatic rings. The van der Waals surface area contributed by atoms with Crippen molar-refractivity contribution in [2.24, 2.45) is 0 Å². The van der Waals surface area contributed by atoms with Crippen molar-refractivity contribution < 1.29 is 9.59 Å². The average molecular weight is 319 g/mol. The first-order valence-corrected chi connectivity index (χ1v) is 8.10. The highest BCUT2D eigenvalue weighted by Crippen LogP contribution is 2.23. The molecule has 0 atom stereocenters. The number of carbonyl (C=O) groups is 2. The van der Waals surface area contributed by atoms with E-state index in [4.69, 9.17) is 0 Å². The summed E-state index contributed by atoms with van der Waals surface area (Å²) in [6.07, 6.45) is 0.850. The number of rotatable bonds is 8. The summed E-state index contributed by atoms with van der Waals surface area (Å²) in [6.45, 7) is 7.26. The molecule has 5 heteroatoms. The van der Waals surface area contributed by atoms with Crippen LogP contribution in [0.5, 0.6) is 0 Å². The number of hydrogen-bond acceptors (Lipinski definition) is 3. The van der Waals surface area contributed by atoms with Gasteiger partial charge in [0.25, 0.3) is 0 Å². The highest BCUT2D eigenvalue weighted by molar-refractivity contribution is 5.95. The van der Waals surface area contributed by atoms with Crippen molar-refractivity contribution in [3.63, 3.8) is 0 Å². The van der Waals surface area contributed by atoms with Gasteiger partial charge >= 0.3 is 0 Å². The Kier molecular flexibility index (Phi) is 7.75. The van der Waals surface area contributed by atoms with Gasteiger partial charge in [0.1, 0.15) is 0 Å². The first kappa shape index (κ1) is 19.2. The quantitative estimate of drug-likeness (QED) is 0.801. The molecule has 1 rings (SSSR count). The number of carbonyl (C=O) groups excluding carboxylic acids is 2. The molecule has 0 saturated carbocycles. The molecule has 2 amide bonds. The maximum absolute atomic E-state index is 12.3. The Morgan fingerprint density at radius 2 is 1.78 bits per heavy atom. The molecule has 0 spiro atoms. The summed E-state index contributed by atoms with van der Waals surface area (Å²) < 4.78 is 0. The lowest BCUT2D eigenvalue weighted by Crippen LogP contribution is -2.38. The summed E-state index contributed by atoms with van der Waals surface area (Å²) >= 11 is 0. The Labute approximate surface area is 139 Å². The molecule has 0 fully saturated rings. The van der Waals surface area contributed by atoms with E-state index in [9.17, 15) is 9.59 Å². The predicted molar refractivity (Wildman–Crippen MR) is 94.6 cm³/mol. The number of hydrogen-bond donors (Lipinski definition) is 1. The molecule has 5 nitrogen and oxygen atoms in total. The van der Waals surface area contributed by atoms with Crippen LogP contribution in [0.2, 0.25) is 0 Å². The van der Waals surface area contributed by atoms with E-state index in [1.807, 2.05) is 38.4 Å². The Morgan fingerprint density at radius 1 is 1.13 bits per heavy atom. The van der Waals surface area contributed by atoms with Gasteiger partial charge in [0.05, 0.1) is 6.54 Å². The summed E-state index contributed by atoms with van der Waals surface area (Å²) in [7, 11) is 3.99. The zero-order valence-corrected chi connectivity index (χ0v) is 14.9. The van der Waals surface area contributed by atoms with E-state index >= 15 is 0 Å². The maximum Gasteiger partial charge on any atom is 0.244 e. The van der Waals surface area contributed by atoms with E-state index in [0.29, 0.717) is 12.5 Å². The second-order valence-electron chi connectivity index (χ2n) is 6.39. The van der Waals surface area contributed by atoms with Gasteiger partial charge in [0, 0.05) is 19.2 Å². The number of nitrogens with zero attached hydrogens (tertiary/aromatic N) is 2. The number of para-hydroxylation sites is 1. The van der Waals surface area contributed by atoms with E-state index in [-0.39, 0.29) is 18.4 Å².